The van der Waals surface area contributed by atoms with Crippen molar-refractivity contribution in [1.82, 2.24) is 19.7 Å². The molecule has 3 heterocycles. The molecule has 1 aliphatic heterocycles. The maximum atomic E-state index is 6.64. The van der Waals surface area contributed by atoms with Gasteiger partial charge in [0.2, 0.25) is 5.95 Å². The van der Waals surface area contributed by atoms with Gasteiger partial charge in [-0.2, -0.15) is 4.98 Å². The van der Waals surface area contributed by atoms with E-state index in [1.54, 1.807) is 0 Å². The van der Waals surface area contributed by atoms with Crippen LogP contribution in [0.2, 0.25) is 5.02 Å². The van der Waals surface area contributed by atoms with Gasteiger partial charge in [0.1, 0.15) is 5.82 Å². The van der Waals surface area contributed by atoms with Crippen molar-refractivity contribution in [2.24, 2.45) is 0 Å². The van der Waals surface area contributed by atoms with Crippen LogP contribution < -0.4 is 15.5 Å². The van der Waals surface area contributed by atoms with Crippen LogP contribution in [-0.2, 0) is 6.54 Å². The molecule has 7 nitrogen and oxygen atoms in total. The van der Waals surface area contributed by atoms with Gasteiger partial charge in [-0.3, -0.25) is 0 Å². The predicted molar refractivity (Wildman–Crippen MR) is 147 cm³/mol. The summed E-state index contributed by atoms with van der Waals surface area (Å²) < 4.78 is 1.81. The van der Waals surface area contributed by atoms with Crippen LogP contribution >= 0.6 is 11.6 Å². The number of hydrogen-bond acceptors (Lipinski definition) is 6. The van der Waals surface area contributed by atoms with Crippen molar-refractivity contribution in [3.63, 3.8) is 0 Å². The van der Waals surface area contributed by atoms with Crippen LogP contribution in [-0.4, -0.2) is 45.9 Å². The Labute approximate surface area is 214 Å². The minimum absolute atomic E-state index is 0.555. The van der Waals surface area contributed by atoms with Gasteiger partial charge in [0.05, 0.1) is 17.6 Å². The Hall–Kier alpha value is -4.10. The summed E-state index contributed by atoms with van der Waals surface area (Å²) in [5.41, 5.74) is 11.3. The predicted octanol–water partition coefficient (Wildman–Crippen LogP) is 5.10. The number of halogens is 1. The lowest BCUT2D eigenvalue weighted by atomic mass is 10.1. The lowest BCUT2D eigenvalue weighted by Gasteiger charge is -2.36. The molecule has 8 heteroatoms. The molecule has 2 aromatic heterocycles. The molecule has 0 atom stereocenters. The van der Waals surface area contributed by atoms with Crippen LogP contribution in [0.25, 0.3) is 22.3 Å². The fraction of sp³-hybridized carbons (Fsp3) is 0.179. The normalized spacial score (nSPS) is 13.9. The first kappa shape index (κ1) is 22.4. The summed E-state index contributed by atoms with van der Waals surface area (Å²) in [7, 11) is 0. The molecule has 5 aromatic rings. The second-order valence-electron chi connectivity index (χ2n) is 8.92. The summed E-state index contributed by atoms with van der Waals surface area (Å²) in [6.45, 7) is 3.99. The zero-order chi connectivity index (χ0) is 24.5. The Morgan fingerprint density at radius 3 is 2.08 bits per heavy atom. The molecule has 0 radical (unpaired) electrons. The molecule has 1 fully saturated rings. The van der Waals surface area contributed by atoms with E-state index >= 15 is 0 Å². The minimum Gasteiger partial charge on any atom is -0.383 e. The average Bonchev–Trinajstić information content (AvgIpc) is 3.24. The van der Waals surface area contributed by atoms with Crippen LogP contribution in [0.1, 0.15) is 5.56 Å². The number of para-hydroxylation sites is 1. The largest absolute Gasteiger partial charge is 0.383 e. The molecule has 0 saturated carbocycles. The van der Waals surface area contributed by atoms with Crippen molar-refractivity contribution < 1.29 is 0 Å². The van der Waals surface area contributed by atoms with E-state index in [1.165, 1.54) is 5.69 Å². The summed E-state index contributed by atoms with van der Waals surface area (Å²) in [4.78, 5) is 14.5. The maximum Gasteiger partial charge on any atom is 0.228 e. The molecular weight excluding hydrogens is 470 g/mol. The van der Waals surface area contributed by atoms with Gasteiger partial charge in [-0.15, -0.1) is 5.10 Å². The van der Waals surface area contributed by atoms with Crippen molar-refractivity contribution in [2.75, 3.05) is 41.7 Å². The Balaban J connectivity index is 1.38. The number of benzene rings is 3. The van der Waals surface area contributed by atoms with Crippen molar-refractivity contribution in [3.05, 3.63) is 95.5 Å². The van der Waals surface area contributed by atoms with Gasteiger partial charge < -0.3 is 15.5 Å². The second kappa shape index (κ2) is 9.51. The van der Waals surface area contributed by atoms with Gasteiger partial charge in [0.15, 0.2) is 5.65 Å². The molecule has 1 saturated heterocycles. The van der Waals surface area contributed by atoms with E-state index in [1.807, 2.05) is 53.2 Å². The topological polar surface area (TPSA) is 76.1 Å². The third-order valence-corrected chi connectivity index (χ3v) is 6.86. The average molecular weight is 496 g/mol. The van der Waals surface area contributed by atoms with Crippen molar-refractivity contribution in [2.45, 2.75) is 6.54 Å². The number of nitrogens with zero attached hydrogens (tertiary/aromatic N) is 6. The molecule has 36 heavy (non-hydrogen) atoms. The third-order valence-electron chi connectivity index (χ3n) is 6.60. The third kappa shape index (κ3) is 4.33. The van der Waals surface area contributed by atoms with Crippen LogP contribution in [0.4, 0.5) is 17.5 Å². The molecule has 3 aromatic carbocycles. The second-order valence-corrected chi connectivity index (χ2v) is 9.35. The first-order valence-corrected chi connectivity index (χ1v) is 12.4. The van der Waals surface area contributed by atoms with E-state index in [9.17, 15) is 0 Å². The highest BCUT2D eigenvalue weighted by molar-refractivity contribution is 6.30. The highest BCUT2D eigenvalue weighted by Crippen LogP contribution is 2.33. The van der Waals surface area contributed by atoms with Crippen LogP contribution in [0.3, 0.4) is 0 Å². The fourth-order valence-electron chi connectivity index (χ4n) is 4.68. The Morgan fingerprint density at radius 1 is 0.750 bits per heavy atom. The zero-order valence-corrected chi connectivity index (χ0v) is 20.5. The maximum absolute atomic E-state index is 6.64. The Kier molecular flexibility index (Phi) is 5.91. The van der Waals surface area contributed by atoms with Gasteiger partial charge in [-0.25, -0.2) is 9.67 Å². The molecular formula is C28H26ClN7. The molecule has 1 aliphatic rings. The minimum atomic E-state index is 0.555. The van der Waals surface area contributed by atoms with E-state index in [0.717, 1.165) is 48.4 Å². The van der Waals surface area contributed by atoms with Crippen LogP contribution in [0.15, 0.2) is 84.9 Å². The van der Waals surface area contributed by atoms with Crippen molar-refractivity contribution in [1.29, 1.82) is 0 Å². The van der Waals surface area contributed by atoms with E-state index < -0.39 is 0 Å². The number of piperazine rings is 1. The number of nitrogens with two attached hydrogens (primary N) is 1. The first-order valence-electron chi connectivity index (χ1n) is 12.0. The van der Waals surface area contributed by atoms with Crippen molar-refractivity contribution >= 4 is 40.1 Å². The van der Waals surface area contributed by atoms with E-state index in [2.05, 4.69) is 46.2 Å². The monoisotopic (exact) mass is 495 g/mol. The van der Waals surface area contributed by atoms with Gasteiger partial charge >= 0.3 is 0 Å². The van der Waals surface area contributed by atoms with Gasteiger partial charge in [-0.1, -0.05) is 72.3 Å². The highest BCUT2D eigenvalue weighted by Gasteiger charge is 2.24. The summed E-state index contributed by atoms with van der Waals surface area (Å²) in [5, 5.41) is 6.25. The number of hydrogen-bond donors (Lipinski definition) is 1. The molecule has 0 unspecified atom stereocenters. The van der Waals surface area contributed by atoms with E-state index in [-0.39, 0.29) is 0 Å². The lowest BCUT2D eigenvalue weighted by molar-refractivity contribution is 0.640. The smallest absolute Gasteiger partial charge is 0.228 e. The van der Waals surface area contributed by atoms with Gasteiger partial charge in [0, 0.05) is 42.5 Å². The van der Waals surface area contributed by atoms with Crippen LogP contribution in [0.5, 0.6) is 0 Å². The molecule has 0 bridgehead atoms. The standard InChI is InChI=1S/C28H26ClN7/c29-22-13-11-21(12-14-22)25-24-26(30)36(19-20-7-3-1-4-8-20)33-27(24)32-28(31-25)35-17-15-34(16-18-35)23-9-5-2-6-10-23/h1-14H,15-19,30H2. The Bertz CT molecular complexity index is 1480. The number of rotatable bonds is 5. The van der Waals surface area contributed by atoms with E-state index in [0.29, 0.717) is 29.0 Å². The molecule has 0 spiro atoms. The van der Waals surface area contributed by atoms with Crippen LogP contribution in [0, 0.1) is 0 Å². The molecule has 0 aliphatic carbocycles. The molecule has 180 valence electrons. The number of fused-ring (bicyclic) bond motifs is 1. The van der Waals surface area contributed by atoms with Gasteiger partial charge in [0.25, 0.3) is 0 Å². The summed E-state index contributed by atoms with van der Waals surface area (Å²) in [5.74, 6) is 1.23. The molecule has 6 rings (SSSR count). The summed E-state index contributed by atoms with van der Waals surface area (Å²) >= 11 is 6.17. The molecule has 2 N–H and O–H groups in total. The van der Waals surface area contributed by atoms with E-state index in [4.69, 9.17) is 32.4 Å². The first-order chi connectivity index (χ1) is 17.7. The number of nitrogen functional groups attached to an aromatic ring is 1. The zero-order valence-electron chi connectivity index (χ0n) is 19.8. The lowest BCUT2D eigenvalue weighted by Crippen LogP contribution is -2.47. The quantitative estimate of drug-likeness (QED) is 0.365. The number of anilines is 3. The SMILES string of the molecule is Nc1c2c(-c3ccc(Cl)cc3)nc(N3CCN(c4ccccc4)CC3)nc2nn1Cc1ccccc1. The summed E-state index contributed by atoms with van der Waals surface area (Å²) in [6.07, 6.45) is 0. The summed E-state index contributed by atoms with van der Waals surface area (Å²) in [6, 6.07) is 28.3. The van der Waals surface area contributed by atoms with Gasteiger partial charge in [-0.05, 0) is 29.8 Å². The number of aromatic nitrogens is 4. The Morgan fingerprint density at radius 2 is 1.39 bits per heavy atom. The highest BCUT2D eigenvalue weighted by atomic mass is 35.5. The molecule has 0 amide bonds. The fourth-order valence-corrected chi connectivity index (χ4v) is 4.81. The van der Waals surface area contributed by atoms with Crippen molar-refractivity contribution in [3.8, 4) is 11.3 Å².